The molecule has 0 aromatic heterocycles. The number of hydrogen-bond acceptors (Lipinski definition) is 0. The molecule has 0 saturated heterocycles. The van der Waals surface area contributed by atoms with Crippen molar-refractivity contribution in [2.24, 2.45) is 0 Å². The van der Waals surface area contributed by atoms with Crippen molar-refractivity contribution in [1.82, 2.24) is 0 Å². The van der Waals surface area contributed by atoms with Gasteiger partial charge in [-0.05, 0) is 35.6 Å². The molecule has 0 nitrogen and oxygen atoms in total. The Hall–Kier alpha value is -0.920. The van der Waals surface area contributed by atoms with E-state index in [-0.39, 0.29) is 17.0 Å². The van der Waals surface area contributed by atoms with Crippen molar-refractivity contribution in [2.75, 3.05) is 0 Å². The topological polar surface area (TPSA) is 0 Å². The van der Waals surface area contributed by atoms with Gasteiger partial charge in [0.05, 0.1) is 0 Å². The molecule has 1 aromatic carbocycles. The number of hydrogen-bond donors (Lipinski definition) is 0. The molecule has 0 heterocycles. The fourth-order valence-electron chi connectivity index (χ4n) is 1.22. The molecular weight excluding hydrogens is 170 g/mol. The van der Waals surface area contributed by atoms with Crippen molar-refractivity contribution in [3.05, 3.63) is 34.9 Å². The molecule has 0 saturated carbocycles. The summed E-state index contributed by atoms with van der Waals surface area (Å²) in [6.07, 6.45) is 0. The van der Waals surface area contributed by atoms with E-state index in [1.54, 1.807) is 6.92 Å². The molecule has 2 heteroatoms. The van der Waals surface area contributed by atoms with Crippen molar-refractivity contribution in [2.45, 2.75) is 33.1 Å². The highest BCUT2D eigenvalue weighted by Crippen LogP contribution is 2.26. The third kappa shape index (κ3) is 2.06. The van der Waals surface area contributed by atoms with Crippen LogP contribution in [0.4, 0.5) is 8.78 Å². The van der Waals surface area contributed by atoms with Gasteiger partial charge in [-0.2, -0.15) is 0 Å². The molecule has 0 unspecified atom stereocenters. The Morgan fingerprint density at radius 2 is 1.54 bits per heavy atom. The lowest BCUT2D eigenvalue weighted by Gasteiger charge is -2.20. The number of halogens is 2. The van der Waals surface area contributed by atoms with Gasteiger partial charge in [-0.1, -0.05) is 20.8 Å². The zero-order chi connectivity index (χ0) is 10.2. The second-order valence-electron chi connectivity index (χ2n) is 4.33. The highest BCUT2D eigenvalue weighted by Gasteiger charge is 2.19. The standard InChI is InChI=1S/C11H14F2/c1-7-5-10(13)8(6-9(7)12)11(2,3)4/h5-6H,1-4H3. The Balaban J connectivity index is 3.32. The lowest BCUT2D eigenvalue weighted by Crippen LogP contribution is -2.14. The summed E-state index contributed by atoms with van der Waals surface area (Å²) in [4.78, 5) is 0. The lowest BCUT2D eigenvalue weighted by molar-refractivity contribution is 0.509. The average molecular weight is 184 g/mol. The van der Waals surface area contributed by atoms with Crippen LogP contribution in [0.2, 0.25) is 0 Å². The van der Waals surface area contributed by atoms with Crippen LogP contribution in [0.25, 0.3) is 0 Å². The Kier molecular flexibility index (Phi) is 2.42. The van der Waals surface area contributed by atoms with E-state index in [0.29, 0.717) is 11.1 Å². The molecule has 0 radical (unpaired) electrons. The molecule has 13 heavy (non-hydrogen) atoms. The first-order valence-electron chi connectivity index (χ1n) is 4.28. The normalized spacial score (nSPS) is 11.8. The highest BCUT2D eigenvalue weighted by molar-refractivity contribution is 5.29. The number of rotatable bonds is 0. The molecular formula is C11H14F2. The van der Waals surface area contributed by atoms with Crippen LogP contribution in [0.1, 0.15) is 31.9 Å². The molecule has 0 amide bonds. The summed E-state index contributed by atoms with van der Waals surface area (Å²) in [5.41, 5.74) is 0.430. The third-order valence-electron chi connectivity index (χ3n) is 2.06. The molecule has 1 aromatic rings. The Bertz CT molecular complexity index is 322. The summed E-state index contributed by atoms with van der Waals surface area (Å²) in [5.74, 6) is -0.669. The van der Waals surface area contributed by atoms with Crippen LogP contribution in [0, 0.1) is 18.6 Å². The largest absolute Gasteiger partial charge is 0.207 e. The van der Waals surface area contributed by atoms with Crippen molar-refractivity contribution < 1.29 is 8.78 Å². The van der Waals surface area contributed by atoms with Gasteiger partial charge < -0.3 is 0 Å². The van der Waals surface area contributed by atoms with Gasteiger partial charge in [0, 0.05) is 0 Å². The molecule has 0 atom stereocenters. The van der Waals surface area contributed by atoms with E-state index in [2.05, 4.69) is 0 Å². The SMILES string of the molecule is Cc1cc(F)c(C(C)(C)C)cc1F. The fourth-order valence-corrected chi connectivity index (χ4v) is 1.22. The maximum absolute atomic E-state index is 13.4. The quantitative estimate of drug-likeness (QED) is 0.578. The molecule has 72 valence electrons. The van der Waals surface area contributed by atoms with Gasteiger partial charge >= 0.3 is 0 Å². The summed E-state index contributed by atoms with van der Waals surface area (Å²) in [6.45, 7) is 7.14. The maximum atomic E-state index is 13.4. The van der Waals surface area contributed by atoms with Crippen molar-refractivity contribution >= 4 is 0 Å². The van der Waals surface area contributed by atoms with E-state index < -0.39 is 0 Å². The first kappa shape index (κ1) is 10.2. The second kappa shape index (κ2) is 3.09. The van der Waals surface area contributed by atoms with E-state index >= 15 is 0 Å². The summed E-state index contributed by atoms with van der Waals surface area (Å²) in [6, 6.07) is 2.53. The van der Waals surface area contributed by atoms with Crippen molar-refractivity contribution in [3.8, 4) is 0 Å². The summed E-state index contributed by atoms with van der Waals surface area (Å²) >= 11 is 0. The summed E-state index contributed by atoms with van der Waals surface area (Å²) < 4.78 is 26.5. The predicted molar refractivity (Wildman–Crippen MR) is 49.8 cm³/mol. The minimum absolute atomic E-state index is 0.327. The monoisotopic (exact) mass is 184 g/mol. The van der Waals surface area contributed by atoms with Gasteiger partial charge in [-0.25, -0.2) is 8.78 Å². The molecule has 1 rings (SSSR count). The van der Waals surface area contributed by atoms with Gasteiger partial charge in [-0.15, -0.1) is 0 Å². The lowest BCUT2D eigenvalue weighted by atomic mass is 9.86. The molecule has 0 aliphatic heterocycles. The minimum Gasteiger partial charge on any atom is -0.207 e. The molecule has 0 spiro atoms. The Morgan fingerprint density at radius 1 is 1.00 bits per heavy atom. The zero-order valence-corrected chi connectivity index (χ0v) is 8.41. The smallest absolute Gasteiger partial charge is 0.127 e. The van der Waals surface area contributed by atoms with E-state index in [9.17, 15) is 8.78 Å². The van der Waals surface area contributed by atoms with Crippen LogP contribution in [0.5, 0.6) is 0 Å². The van der Waals surface area contributed by atoms with Crippen LogP contribution in [0.15, 0.2) is 12.1 Å². The third-order valence-corrected chi connectivity index (χ3v) is 2.06. The summed E-state index contributed by atoms with van der Waals surface area (Å²) in [7, 11) is 0. The van der Waals surface area contributed by atoms with Gasteiger partial charge in [0.2, 0.25) is 0 Å². The van der Waals surface area contributed by atoms with Gasteiger partial charge in [0.25, 0.3) is 0 Å². The maximum Gasteiger partial charge on any atom is 0.127 e. The van der Waals surface area contributed by atoms with Crippen molar-refractivity contribution in [3.63, 3.8) is 0 Å². The van der Waals surface area contributed by atoms with E-state index in [4.69, 9.17) is 0 Å². The van der Waals surface area contributed by atoms with Crippen LogP contribution in [-0.2, 0) is 5.41 Å². The van der Waals surface area contributed by atoms with Gasteiger partial charge in [0.15, 0.2) is 0 Å². The van der Waals surface area contributed by atoms with Crippen molar-refractivity contribution in [1.29, 1.82) is 0 Å². The summed E-state index contributed by atoms with van der Waals surface area (Å²) in [5, 5.41) is 0. The molecule has 0 aliphatic rings. The molecule has 0 fully saturated rings. The molecule has 0 aliphatic carbocycles. The second-order valence-corrected chi connectivity index (χ2v) is 4.33. The molecule has 0 bridgehead atoms. The van der Waals surface area contributed by atoms with Crippen LogP contribution in [-0.4, -0.2) is 0 Å². The van der Waals surface area contributed by atoms with Crippen LogP contribution < -0.4 is 0 Å². The Labute approximate surface area is 77.6 Å². The first-order valence-corrected chi connectivity index (χ1v) is 4.28. The number of benzene rings is 1. The zero-order valence-electron chi connectivity index (χ0n) is 8.41. The first-order chi connectivity index (χ1) is 5.82. The van der Waals surface area contributed by atoms with Gasteiger partial charge in [-0.3, -0.25) is 0 Å². The number of aryl methyl sites for hydroxylation is 1. The minimum atomic E-state index is -0.349. The fraction of sp³-hybridized carbons (Fsp3) is 0.455. The van der Waals surface area contributed by atoms with Gasteiger partial charge in [0.1, 0.15) is 11.6 Å². The van der Waals surface area contributed by atoms with E-state index in [1.807, 2.05) is 20.8 Å². The van der Waals surface area contributed by atoms with Crippen LogP contribution in [0.3, 0.4) is 0 Å². The average Bonchev–Trinajstić information content (AvgIpc) is 1.94. The van der Waals surface area contributed by atoms with Crippen LogP contribution >= 0.6 is 0 Å². The highest BCUT2D eigenvalue weighted by atomic mass is 19.1. The molecule has 0 N–H and O–H groups in total. The van der Waals surface area contributed by atoms with E-state index in [1.165, 1.54) is 12.1 Å². The predicted octanol–water partition coefficient (Wildman–Crippen LogP) is 3.57. The van der Waals surface area contributed by atoms with E-state index in [0.717, 1.165) is 0 Å². The Morgan fingerprint density at radius 3 is 2.00 bits per heavy atom.